The Hall–Kier alpha value is -1.32. The number of aliphatic hydroxyl groups is 1. The van der Waals surface area contributed by atoms with Gasteiger partial charge in [0.15, 0.2) is 0 Å². The molecular formula is C26H40BrN3O4S. The van der Waals surface area contributed by atoms with Gasteiger partial charge in [-0.25, -0.2) is 0 Å². The number of aliphatic hydroxyl groups excluding tert-OH is 1. The van der Waals surface area contributed by atoms with Gasteiger partial charge < -0.3 is 19.8 Å². The summed E-state index contributed by atoms with van der Waals surface area (Å²) in [5.74, 6) is -1.17. The van der Waals surface area contributed by atoms with E-state index < -0.39 is 22.6 Å². The largest absolute Gasteiger partial charge is 0.396 e. The molecule has 0 aromatic carbocycles. The molecule has 3 amide bonds. The van der Waals surface area contributed by atoms with Crippen molar-refractivity contribution in [1.82, 2.24) is 14.7 Å². The van der Waals surface area contributed by atoms with Gasteiger partial charge in [0.05, 0.1) is 16.6 Å². The summed E-state index contributed by atoms with van der Waals surface area (Å²) in [5, 5.41) is 9.28. The minimum atomic E-state index is -0.633. The lowest BCUT2D eigenvalue weighted by Crippen LogP contribution is -2.56. The molecule has 9 heteroatoms. The summed E-state index contributed by atoms with van der Waals surface area (Å²) in [4.78, 5) is 47.0. The third-order valence-corrected chi connectivity index (χ3v) is 10.8. The number of nitrogens with zero attached hydrogens (tertiary/aromatic N) is 3. The first kappa shape index (κ1) is 28.3. The number of hydrogen-bond acceptors (Lipinski definition) is 5. The molecule has 0 aromatic rings. The average molecular weight is 571 g/mol. The van der Waals surface area contributed by atoms with E-state index in [1.807, 2.05) is 4.90 Å². The van der Waals surface area contributed by atoms with Crippen LogP contribution in [0.25, 0.3) is 0 Å². The van der Waals surface area contributed by atoms with Crippen molar-refractivity contribution in [3.05, 3.63) is 25.3 Å². The molecule has 3 aliphatic heterocycles. The van der Waals surface area contributed by atoms with Gasteiger partial charge in [-0.1, -0.05) is 47.8 Å². The Kier molecular flexibility index (Phi) is 9.91. The Balaban J connectivity index is 2.00. The van der Waals surface area contributed by atoms with Gasteiger partial charge >= 0.3 is 0 Å². The van der Waals surface area contributed by atoms with E-state index in [-0.39, 0.29) is 34.4 Å². The van der Waals surface area contributed by atoms with Crippen LogP contribution in [0, 0.1) is 11.8 Å². The van der Waals surface area contributed by atoms with Crippen LogP contribution in [0.4, 0.5) is 0 Å². The fraction of sp³-hybridized carbons (Fsp3) is 0.731. The fourth-order valence-corrected chi connectivity index (χ4v) is 9.64. The number of hydrogen-bond donors (Lipinski definition) is 1. The zero-order valence-corrected chi connectivity index (χ0v) is 23.4. The van der Waals surface area contributed by atoms with E-state index in [2.05, 4.69) is 36.0 Å². The number of amides is 3. The summed E-state index contributed by atoms with van der Waals surface area (Å²) in [6.07, 6.45) is 8.29. The van der Waals surface area contributed by atoms with Crippen molar-refractivity contribution in [2.24, 2.45) is 11.8 Å². The molecule has 3 rings (SSSR count). The molecule has 3 unspecified atom stereocenters. The van der Waals surface area contributed by atoms with Crippen molar-refractivity contribution in [2.45, 2.75) is 66.3 Å². The highest BCUT2D eigenvalue weighted by molar-refractivity contribution is 9.09. The summed E-state index contributed by atoms with van der Waals surface area (Å²) in [5.41, 5.74) is 0. The SMILES string of the molecule is C=CCN(C)C(=O)[C@H]1[C@@H]2SC3(CC2Br)C(C(=O)N(CC=C)CCCCC)N(CCCCO)C(=O)[C@H]13. The summed E-state index contributed by atoms with van der Waals surface area (Å²) in [6.45, 7) is 11.7. The number of carbonyl (C=O) groups excluding carboxylic acids is 3. The van der Waals surface area contributed by atoms with Gasteiger partial charge in [0, 0.05) is 49.9 Å². The van der Waals surface area contributed by atoms with Crippen LogP contribution in [0.15, 0.2) is 25.3 Å². The lowest BCUT2D eigenvalue weighted by atomic mass is 9.70. The third kappa shape index (κ3) is 5.23. The minimum absolute atomic E-state index is 0.0405. The molecule has 3 heterocycles. The van der Waals surface area contributed by atoms with E-state index in [9.17, 15) is 19.5 Å². The number of halogens is 1. The Labute approximate surface area is 222 Å². The molecule has 7 nitrogen and oxygen atoms in total. The van der Waals surface area contributed by atoms with Crippen LogP contribution in [0.1, 0.15) is 45.4 Å². The summed E-state index contributed by atoms with van der Waals surface area (Å²) >= 11 is 5.48. The van der Waals surface area contributed by atoms with Gasteiger partial charge in [-0.2, -0.15) is 0 Å². The van der Waals surface area contributed by atoms with Crippen LogP contribution >= 0.6 is 27.7 Å². The van der Waals surface area contributed by atoms with Gasteiger partial charge in [0.1, 0.15) is 6.04 Å². The normalized spacial score (nSPS) is 30.9. The molecule has 6 atom stereocenters. The molecule has 0 radical (unpaired) electrons. The number of likely N-dealkylation sites (tertiary alicyclic amines) is 1. The number of likely N-dealkylation sites (N-methyl/N-ethyl adjacent to an activating group) is 1. The number of rotatable bonds is 14. The first-order valence-electron chi connectivity index (χ1n) is 12.8. The van der Waals surface area contributed by atoms with E-state index in [0.29, 0.717) is 45.4 Å². The Morgan fingerprint density at radius 1 is 1.20 bits per heavy atom. The maximum atomic E-state index is 14.2. The molecule has 1 spiro atoms. The quantitative estimate of drug-likeness (QED) is 0.197. The molecule has 3 saturated heterocycles. The van der Waals surface area contributed by atoms with Crippen LogP contribution in [0.2, 0.25) is 0 Å². The van der Waals surface area contributed by atoms with Crippen molar-refractivity contribution in [3.8, 4) is 0 Å². The first-order chi connectivity index (χ1) is 16.8. The van der Waals surface area contributed by atoms with E-state index in [0.717, 1.165) is 19.3 Å². The standard InChI is InChI=1S/C26H40BrN3O4S/c1-5-8-9-14-29(13-7-3)25(34)22-26-17-18(27)21(35-26)19(23(32)28(4)12-6-2)20(26)24(33)30(22)15-10-11-16-31/h6-7,18-22,31H,2-3,5,8-17H2,1,4H3/t18?,19-,20+,21-,22?,26?/m1/s1. The third-order valence-electron chi connectivity index (χ3n) is 7.59. The lowest BCUT2D eigenvalue weighted by molar-refractivity contribution is -0.144. The topological polar surface area (TPSA) is 81.2 Å². The van der Waals surface area contributed by atoms with Crippen molar-refractivity contribution in [3.63, 3.8) is 0 Å². The van der Waals surface area contributed by atoms with Gasteiger partial charge in [-0.3, -0.25) is 14.4 Å². The lowest BCUT2D eigenvalue weighted by Gasteiger charge is -2.38. The van der Waals surface area contributed by atoms with Crippen LogP contribution < -0.4 is 0 Å². The minimum Gasteiger partial charge on any atom is -0.396 e. The van der Waals surface area contributed by atoms with Crippen molar-refractivity contribution >= 4 is 45.4 Å². The van der Waals surface area contributed by atoms with E-state index in [4.69, 9.17) is 0 Å². The smallest absolute Gasteiger partial charge is 0.247 e. The summed E-state index contributed by atoms with van der Waals surface area (Å²) < 4.78 is -0.633. The Morgan fingerprint density at radius 3 is 2.54 bits per heavy atom. The predicted octanol–water partition coefficient (Wildman–Crippen LogP) is 3.07. The second-order valence-corrected chi connectivity index (χ2v) is 12.6. The molecule has 0 aromatic heterocycles. The van der Waals surface area contributed by atoms with Gasteiger partial charge in [0.2, 0.25) is 17.7 Å². The molecule has 0 aliphatic carbocycles. The maximum Gasteiger partial charge on any atom is 0.247 e. The number of carbonyl (C=O) groups is 3. The van der Waals surface area contributed by atoms with Crippen LogP contribution in [0.5, 0.6) is 0 Å². The number of fused-ring (bicyclic) bond motifs is 1. The second kappa shape index (κ2) is 12.3. The molecule has 35 heavy (non-hydrogen) atoms. The zero-order chi connectivity index (χ0) is 25.8. The average Bonchev–Trinajstić information content (AvgIpc) is 3.41. The highest BCUT2D eigenvalue weighted by Crippen LogP contribution is 2.68. The van der Waals surface area contributed by atoms with E-state index in [1.165, 1.54) is 0 Å². The predicted molar refractivity (Wildman–Crippen MR) is 144 cm³/mol. The summed E-state index contributed by atoms with van der Waals surface area (Å²) in [6, 6.07) is -0.613. The van der Waals surface area contributed by atoms with Gasteiger partial charge in [-0.05, 0) is 25.7 Å². The molecular weight excluding hydrogens is 530 g/mol. The van der Waals surface area contributed by atoms with Crippen molar-refractivity contribution < 1.29 is 19.5 Å². The fourth-order valence-electron chi connectivity index (χ4n) is 6.04. The molecule has 1 N–H and O–H groups in total. The van der Waals surface area contributed by atoms with Crippen molar-refractivity contribution in [1.29, 1.82) is 0 Å². The second-order valence-electron chi connectivity index (χ2n) is 9.91. The van der Waals surface area contributed by atoms with E-state index in [1.54, 1.807) is 40.8 Å². The first-order valence-corrected chi connectivity index (χ1v) is 14.6. The van der Waals surface area contributed by atoms with Crippen LogP contribution in [-0.2, 0) is 14.4 Å². The Bertz CT molecular complexity index is 826. The molecule has 2 bridgehead atoms. The molecule has 3 fully saturated rings. The molecule has 3 aliphatic rings. The van der Waals surface area contributed by atoms with Gasteiger partial charge in [-0.15, -0.1) is 24.9 Å². The number of thioether (sulfide) groups is 1. The number of alkyl halides is 1. The number of unbranched alkanes of at least 4 members (excludes halogenated alkanes) is 3. The van der Waals surface area contributed by atoms with Crippen LogP contribution in [0.3, 0.4) is 0 Å². The highest BCUT2D eigenvalue weighted by atomic mass is 79.9. The monoisotopic (exact) mass is 569 g/mol. The maximum absolute atomic E-state index is 14.2. The molecule has 196 valence electrons. The van der Waals surface area contributed by atoms with Crippen LogP contribution in [-0.4, -0.2) is 98.2 Å². The zero-order valence-electron chi connectivity index (χ0n) is 21.0. The summed E-state index contributed by atoms with van der Waals surface area (Å²) in [7, 11) is 1.75. The molecule has 0 saturated carbocycles. The van der Waals surface area contributed by atoms with Gasteiger partial charge in [0.25, 0.3) is 0 Å². The Morgan fingerprint density at radius 2 is 1.91 bits per heavy atom. The highest BCUT2D eigenvalue weighted by Gasteiger charge is 2.75. The van der Waals surface area contributed by atoms with E-state index >= 15 is 0 Å². The van der Waals surface area contributed by atoms with Crippen molar-refractivity contribution in [2.75, 3.05) is 39.8 Å².